The summed E-state index contributed by atoms with van der Waals surface area (Å²) in [5.74, 6) is -0.217. The van der Waals surface area contributed by atoms with Gasteiger partial charge in [-0.05, 0) is 32.1 Å². The van der Waals surface area contributed by atoms with Crippen LogP contribution in [0.4, 0.5) is 0 Å². The first kappa shape index (κ1) is 17.8. The normalized spacial score (nSPS) is 12.0. The van der Waals surface area contributed by atoms with Crippen molar-refractivity contribution in [3.63, 3.8) is 0 Å². The second-order valence-corrected chi connectivity index (χ2v) is 5.47. The van der Waals surface area contributed by atoms with Crippen molar-refractivity contribution in [1.82, 2.24) is 0 Å². The number of ether oxygens (including phenoxy) is 2. The van der Waals surface area contributed by atoms with Gasteiger partial charge in [0.05, 0.1) is 12.0 Å². The molecule has 0 aliphatic rings. The van der Waals surface area contributed by atoms with Gasteiger partial charge in [0.15, 0.2) is 5.75 Å². The Bertz CT molecular complexity index is 787. The smallest absolute Gasteiger partial charge is 0.383 e. The average molecular weight is 336 g/mol. The number of allylic oxidation sites excluding steroid dienone is 1. The number of hydrogen-bond donors (Lipinski definition) is 3. The Morgan fingerprint density at radius 1 is 1.33 bits per heavy atom. The van der Waals surface area contributed by atoms with Crippen LogP contribution in [0.15, 0.2) is 39.1 Å². The average Bonchev–Trinajstić information content (AvgIpc) is 2.55. The van der Waals surface area contributed by atoms with E-state index >= 15 is 0 Å². The van der Waals surface area contributed by atoms with Gasteiger partial charge in [-0.25, -0.2) is 4.79 Å². The fourth-order valence-corrected chi connectivity index (χ4v) is 1.90. The summed E-state index contributed by atoms with van der Waals surface area (Å²) in [6.07, 6.45) is 0.763. The summed E-state index contributed by atoms with van der Waals surface area (Å²) in [6, 6.07) is 4.48. The van der Waals surface area contributed by atoms with Crippen LogP contribution in [0.3, 0.4) is 0 Å². The van der Waals surface area contributed by atoms with Crippen LogP contribution >= 0.6 is 0 Å². The van der Waals surface area contributed by atoms with Crippen molar-refractivity contribution < 1.29 is 29.2 Å². The van der Waals surface area contributed by atoms with Gasteiger partial charge in [-0.3, -0.25) is 0 Å². The second kappa shape index (κ2) is 7.85. The Morgan fingerprint density at radius 3 is 2.75 bits per heavy atom. The molecule has 0 amide bonds. The molecule has 1 unspecified atom stereocenters. The first-order valence-electron chi connectivity index (χ1n) is 7.40. The van der Waals surface area contributed by atoms with E-state index < -0.39 is 18.3 Å². The van der Waals surface area contributed by atoms with Crippen LogP contribution in [-0.2, 0) is 0 Å². The van der Waals surface area contributed by atoms with Crippen LogP contribution in [-0.4, -0.2) is 41.2 Å². The predicted octanol–water partition coefficient (Wildman–Crippen LogP) is 1.58. The second-order valence-electron chi connectivity index (χ2n) is 5.47. The molecule has 7 heteroatoms. The molecule has 2 rings (SSSR count). The largest absolute Gasteiger partial charge is 0.504 e. The summed E-state index contributed by atoms with van der Waals surface area (Å²) in [5, 5.41) is 28.5. The van der Waals surface area contributed by atoms with Crippen LogP contribution in [0.25, 0.3) is 11.0 Å². The quantitative estimate of drug-likeness (QED) is 0.520. The maximum Gasteiger partial charge on any atom is 0.383 e. The van der Waals surface area contributed by atoms with Crippen LogP contribution in [0.5, 0.6) is 17.2 Å². The van der Waals surface area contributed by atoms with Crippen molar-refractivity contribution >= 4 is 11.0 Å². The van der Waals surface area contributed by atoms with Gasteiger partial charge in [-0.1, -0.05) is 5.57 Å². The van der Waals surface area contributed by atoms with E-state index in [1.165, 1.54) is 12.1 Å². The summed E-state index contributed by atoms with van der Waals surface area (Å²) < 4.78 is 15.7. The van der Waals surface area contributed by atoms with E-state index in [1.54, 1.807) is 12.1 Å². The zero-order valence-corrected chi connectivity index (χ0v) is 13.5. The standard InChI is InChI=1S/C17H20O7/c1-10(2)5-6-22-16-15(20)13-4-3-12(23-9-11(19)8-18)7-14(13)24-17(16)21/h3-5,7,11,18-20H,6,8-9H2,1-2H3. The van der Waals surface area contributed by atoms with Crippen molar-refractivity contribution in [2.75, 3.05) is 19.8 Å². The maximum atomic E-state index is 12.0. The highest BCUT2D eigenvalue weighted by Gasteiger charge is 2.16. The highest BCUT2D eigenvalue weighted by atomic mass is 16.5. The minimum atomic E-state index is -1.01. The first-order valence-corrected chi connectivity index (χ1v) is 7.40. The van der Waals surface area contributed by atoms with E-state index in [0.29, 0.717) is 11.1 Å². The molecule has 3 N–H and O–H groups in total. The topological polar surface area (TPSA) is 109 Å². The van der Waals surface area contributed by atoms with Gasteiger partial charge in [0, 0.05) is 6.07 Å². The van der Waals surface area contributed by atoms with Crippen molar-refractivity contribution in [2.45, 2.75) is 20.0 Å². The minimum absolute atomic E-state index is 0.109. The molecule has 0 saturated carbocycles. The molecular weight excluding hydrogens is 316 g/mol. The Balaban J connectivity index is 2.29. The Morgan fingerprint density at radius 2 is 2.08 bits per heavy atom. The van der Waals surface area contributed by atoms with Crippen LogP contribution < -0.4 is 15.1 Å². The fourth-order valence-electron chi connectivity index (χ4n) is 1.90. The molecule has 0 spiro atoms. The lowest BCUT2D eigenvalue weighted by atomic mass is 10.2. The molecule has 2 aromatic rings. The summed E-state index contributed by atoms with van der Waals surface area (Å²) in [4.78, 5) is 12.0. The Labute approximate surface area is 138 Å². The van der Waals surface area contributed by atoms with Gasteiger partial charge < -0.3 is 29.2 Å². The van der Waals surface area contributed by atoms with Crippen molar-refractivity contribution in [3.05, 3.63) is 40.3 Å². The Kier molecular flexibility index (Phi) is 5.83. The number of hydrogen-bond acceptors (Lipinski definition) is 7. The van der Waals surface area contributed by atoms with Crippen molar-refractivity contribution in [2.24, 2.45) is 0 Å². The summed E-state index contributed by atoms with van der Waals surface area (Å²) in [7, 11) is 0. The molecule has 0 saturated heterocycles. The third-order valence-corrected chi connectivity index (χ3v) is 3.18. The van der Waals surface area contributed by atoms with E-state index in [0.717, 1.165) is 5.57 Å². The number of aliphatic hydroxyl groups is 2. The molecule has 7 nitrogen and oxygen atoms in total. The third kappa shape index (κ3) is 4.27. The molecule has 24 heavy (non-hydrogen) atoms. The summed E-state index contributed by atoms with van der Waals surface area (Å²) in [6.45, 7) is 3.40. The van der Waals surface area contributed by atoms with E-state index in [1.807, 2.05) is 13.8 Å². The molecular formula is C17H20O7. The summed E-state index contributed by atoms with van der Waals surface area (Å²) in [5.41, 5.74) is 0.351. The molecule has 0 fully saturated rings. The summed E-state index contributed by atoms with van der Waals surface area (Å²) >= 11 is 0. The van der Waals surface area contributed by atoms with E-state index in [-0.39, 0.29) is 30.3 Å². The highest BCUT2D eigenvalue weighted by molar-refractivity contribution is 5.86. The number of benzene rings is 1. The van der Waals surface area contributed by atoms with E-state index in [9.17, 15) is 15.0 Å². The molecule has 1 heterocycles. The molecule has 1 aromatic heterocycles. The monoisotopic (exact) mass is 336 g/mol. The zero-order chi connectivity index (χ0) is 17.7. The van der Waals surface area contributed by atoms with Crippen LogP contribution in [0.2, 0.25) is 0 Å². The van der Waals surface area contributed by atoms with Gasteiger partial charge in [0.2, 0.25) is 5.75 Å². The molecule has 1 atom stereocenters. The van der Waals surface area contributed by atoms with E-state index in [4.69, 9.17) is 19.0 Å². The first-order chi connectivity index (χ1) is 11.4. The SMILES string of the molecule is CC(C)=CCOc1c(O)c2ccc(OCC(O)CO)cc2oc1=O. The number of rotatable bonds is 7. The minimum Gasteiger partial charge on any atom is -0.504 e. The molecule has 0 bridgehead atoms. The van der Waals surface area contributed by atoms with Gasteiger partial charge in [0.25, 0.3) is 0 Å². The molecule has 0 radical (unpaired) electrons. The molecule has 0 aliphatic heterocycles. The number of aliphatic hydroxyl groups excluding tert-OH is 2. The zero-order valence-electron chi connectivity index (χ0n) is 13.5. The predicted molar refractivity (Wildman–Crippen MR) is 87.7 cm³/mol. The van der Waals surface area contributed by atoms with E-state index in [2.05, 4.69) is 0 Å². The van der Waals surface area contributed by atoms with Gasteiger partial charge in [-0.2, -0.15) is 0 Å². The van der Waals surface area contributed by atoms with Gasteiger partial charge >= 0.3 is 5.63 Å². The van der Waals surface area contributed by atoms with Crippen LogP contribution in [0, 0.1) is 0 Å². The van der Waals surface area contributed by atoms with Gasteiger partial charge in [0.1, 0.15) is 30.7 Å². The maximum absolute atomic E-state index is 12.0. The molecule has 0 aliphatic carbocycles. The van der Waals surface area contributed by atoms with Crippen molar-refractivity contribution in [1.29, 1.82) is 0 Å². The number of aromatic hydroxyl groups is 1. The highest BCUT2D eigenvalue weighted by Crippen LogP contribution is 2.33. The fraction of sp³-hybridized carbons (Fsp3) is 0.353. The van der Waals surface area contributed by atoms with Crippen molar-refractivity contribution in [3.8, 4) is 17.2 Å². The lowest BCUT2D eigenvalue weighted by Crippen LogP contribution is -2.21. The molecule has 130 valence electrons. The van der Waals surface area contributed by atoms with Gasteiger partial charge in [-0.15, -0.1) is 0 Å². The lowest BCUT2D eigenvalue weighted by Gasteiger charge is -2.11. The molecule has 1 aromatic carbocycles. The lowest BCUT2D eigenvalue weighted by molar-refractivity contribution is 0.0536. The third-order valence-electron chi connectivity index (χ3n) is 3.18. The number of fused-ring (bicyclic) bond motifs is 1. The Hall–Kier alpha value is -2.51. The van der Waals surface area contributed by atoms with Crippen LogP contribution in [0.1, 0.15) is 13.8 Å².